The normalized spacial score (nSPS) is 11.1. The van der Waals surface area contributed by atoms with E-state index >= 15 is 0 Å². The minimum atomic E-state index is 0.839. The van der Waals surface area contributed by atoms with Crippen LogP contribution in [-0.2, 0) is 17.8 Å². The number of hydrogen-bond acceptors (Lipinski definition) is 3. The van der Waals surface area contributed by atoms with E-state index in [0.717, 1.165) is 32.7 Å². The Hall–Kier alpha value is -0.900. The van der Waals surface area contributed by atoms with Crippen molar-refractivity contribution in [2.24, 2.45) is 0 Å². The van der Waals surface area contributed by atoms with Gasteiger partial charge in [0.05, 0.1) is 0 Å². The molecule has 0 aliphatic rings. The maximum atomic E-state index is 5.05. The highest BCUT2D eigenvalue weighted by Gasteiger charge is 2.00. The molecule has 17 heavy (non-hydrogen) atoms. The molecule has 3 heteroatoms. The van der Waals surface area contributed by atoms with Gasteiger partial charge in [0.15, 0.2) is 0 Å². The second-order valence-electron chi connectivity index (χ2n) is 4.43. The highest BCUT2D eigenvalue weighted by molar-refractivity contribution is 5.22. The van der Waals surface area contributed by atoms with Crippen molar-refractivity contribution in [1.29, 1.82) is 0 Å². The summed E-state index contributed by atoms with van der Waals surface area (Å²) in [6.07, 6.45) is 1.09. The van der Waals surface area contributed by atoms with Crippen LogP contribution < -0.4 is 5.32 Å². The van der Waals surface area contributed by atoms with Crippen LogP contribution in [0.5, 0.6) is 0 Å². The van der Waals surface area contributed by atoms with E-state index in [9.17, 15) is 0 Å². The quantitative estimate of drug-likeness (QED) is 0.697. The lowest BCUT2D eigenvalue weighted by Crippen LogP contribution is -2.20. The van der Waals surface area contributed by atoms with Crippen LogP contribution in [0.2, 0.25) is 0 Å². The van der Waals surface area contributed by atoms with E-state index in [1.165, 1.54) is 11.1 Å². The summed E-state index contributed by atoms with van der Waals surface area (Å²) in [6.45, 7) is 3.85. The average Bonchev–Trinajstić information content (AvgIpc) is 2.32. The molecule has 0 atom stereocenters. The summed E-state index contributed by atoms with van der Waals surface area (Å²) in [7, 11) is 5.87. The van der Waals surface area contributed by atoms with Gasteiger partial charge in [0.25, 0.3) is 0 Å². The van der Waals surface area contributed by atoms with Crippen molar-refractivity contribution in [3.8, 4) is 0 Å². The van der Waals surface area contributed by atoms with Crippen molar-refractivity contribution in [3.63, 3.8) is 0 Å². The Morgan fingerprint density at radius 2 is 1.82 bits per heavy atom. The van der Waals surface area contributed by atoms with Crippen LogP contribution in [0.4, 0.5) is 0 Å². The number of hydrogen-bond donors (Lipinski definition) is 1. The maximum Gasteiger partial charge on any atom is 0.0474 e. The van der Waals surface area contributed by atoms with Gasteiger partial charge in [-0.15, -0.1) is 0 Å². The second-order valence-corrected chi connectivity index (χ2v) is 4.43. The third kappa shape index (κ3) is 5.82. The van der Waals surface area contributed by atoms with E-state index in [4.69, 9.17) is 4.74 Å². The number of nitrogens with zero attached hydrogens (tertiary/aromatic N) is 1. The van der Waals surface area contributed by atoms with Crippen LogP contribution in [0.3, 0.4) is 0 Å². The fraction of sp³-hybridized carbons (Fsp3) is 0.571. The lowest BCUT2D eigenvalue weighted by atomic mass is 10.1. The smallest absolute Gasteiger partial charge is 0.0474 e. The Balaban J connectivity index is 2.34. The molecule has 0 fully saturated rings. The first-order valence-corrected chi connectivity index (χ1v) is 6.16. The molecule has 0 heterocycles. The van der Waals surface area contributed by atoms with Gasteiger partial charge < -0.3 is 15.0 Å². The van der Waals surface area contributed by atoms with Crippen molar-refractivity contribution in [2.45, 2.75) is 19.5 Å². The number of benzene rings is 1. The average molecular weight is 236 g/mol. The summed E-state index contributed by atoms with van der Waals surface area (Å²) < 4.78 is 5.05. The summed E-state index contributed by atoms with van der Waals surface area (Å²) >= 11 is 0. The molecule has 0 radical (unpaired) electrons. The number of rotatable bonds is 8. The van der Waals surface area contributed by atoms with Crippen LogP contribution in [0.15, 0.2) is 24.3 Å². The van der Waals surface area contributed by atoms with E-state index in [1.807, 2.05) is 7.05 Å². The summed E-state index contributed by atoms with van der Waals surface area (Å²) in [5.74, 6) is 0. The molecule has 0 bridgehead atoms. The largest absolute Gasteiger partial charge is 0.385 e. The summed E-state index contributed by atoms with van der Waals surface area (Å²) in [6, 6.07) is 8.79. The predicted octanol–water partition coefficient (Wildman–Crippen LogP) is 1.87. The zero-order chi connectivity index (χ0) is 12.5. The number of ether oxygens (including phenoxy) is 1. The zero-order valence-corrected chi connectivity index (χ0v) is 11.2. The van der Waals surface area contributed by atoms with E-state index in [2.05, 4.69) is 41.5 Å². The Labute approximate surface area is 105 Å². The molecule has 0 aliphatic carbocycles. The van der Waals surface area contributed by atoms with Crippen LogP contribution >= 0.6 is 0 Å². The van der Waals surface area contributed by atoms with Gasteiger partial charge in [-0.05, 0) is 31.6 Å². The zero-order valence-electron chi connectivity index (χ0n) is 11.2. The molecule has 0 saturated carbocycles. The minimum Gasteiger partial charge on any atom is -0.385 e. The first-order chi connectivity index (χ1) is 8.26. The molecule has 1 rings (SSSR count). The summed E-state index contributed by atoms with van der Waals surface area (Å²) in [4.78, 5) is 2.33. The van der Waals surface area contributed by atoms with Crippen LogP contribution in [0.25, 0.3) is 0 Å². The van der Waals surface area contributed by atoms with Gasteiger partial charge in [-0.3, -0.25) is 0 Å². The van der Waals surface area contributed by atoms with Crippen molar-refractivity contribution in [3.05, 3.63) is 35.4 Å². The molecule has 3 nitrogen and oxygen atoms in total. The lowest BCUT2D eigenvalue weighted by molar-refractivity contribution is 0.178. The maximum absolute atomic E-state index is 5.05. The second kappa shape index (κ2) is 8.23. The standard InChI is InChI=1S/C14H24N2O/c1-15-11-13-5-7-14(8-6-13)12-16(2)9-4-10-17-3/h5-8,15H,4,9-12H2,1-3H3. The van der Waals surface area contributed by atoms with Gasteiger partial charge >= 0.3 is 0 Å². The molecule has 1 aromatic rings. The molecule has 1 N–H and O–H groups in total. The van der Waals surface area contributed by atoms with Gasteiger partial charge in [0, 0.05) is 33.4 Å². The highest BCUT2D eigenvalue weighted by Crippen LogP contribution is 2.07. The lowest BCUT2D eigenvalue weighted by Gasteiger charge is -2.16. The molecule has 0 unspecified atom stereocenters. The molecular weight excluding hydrogens is 212 g/mol. The van der Waals surface area contributed by atoms with E-state index < -0.39 is 0 Å². The topological polar surface area (TPSA) is 24.5 Å². The molecule has 0 amide bonds. The molecule has 0 aromatic heterocycles. The number of nitrogens with one attached hydrogen (secondary N) is 1. The van der Waals surface area contributed by atoms with Crippen molar-refractivity contribution in [2.75, 3.05) is 34.4 Å². The van der Waals surface area contributed by atoms with Gasteiger partial charge in [0.1, 0.15) is 0 Å². The van der Waals surface area contributed by atoms with Crippen LogP contribution in [0.1, 0.15) is 17.5 Å². The number of methoxy groups -OCH3 is 1. The molecule has 0 spiro atoms. The SMILES string of the molecule is CNCc1ccc(CN(C)CCCOC)cc1. The molecule has 0 aliphatic heterocycles. The molecule has 96 valence electrons. The summed E-state index contributed by atoms with van der Waals surface area (Å²) in [5.41, 5.74) is 2.70. The van der Waals surface area contributed by atoms with Crippen LogP contribution in [-0.4, -0.2) is 39.3 Å². The first kappa shape index (κ1) is 14.2. The minimum absolute atomic E-state index is 0.839. The van der Waals surface area contributed by atoms with Crippen molar-refractivity contribution in [1.82, 2.24) is 10.2 Å². The third-order valence-corrected chi connectivity index (χ3v) is 2.74. The Bertz CT molecular complexity index is 298. The third-order valence-electron chi connectivity index (χ3n) is 2.74. The van der Waals surface area contributed by atoms with Crippen LogP contribution in [0, 0.1) is 0 Å². The summed E-state index contributed by atoms with van der Waals surface area (Å²) in [5, 5.41) is 3.15. The van der Waals surface area contributed by atoms with E-state index in [0.29, 0.717) is 0 Å². The Morgan fingerprint density at radius 3 is 2.41 bits per heavy atom. The van der Waals surface area contributed by atoms with Crippen molar-refractivity contribution < 1.29 is 4.74 Å². The van der Waals surface area contributed by atoms with Gasteiger partial charge in [-0.1, -0.05) is 24.3 Å². The Kier molecular flexibility index (Phi) is 6.86. The Morgan fingerprint density at radius 1 is 1.18 bits per heavy atom. The van der Waals surface area contributed by atoms with Gasteiger partial charge in [-0.25, -0.2) is 0 Å². The molecular formula is C14H24N2O. The van der Waals surface area contributed by atoms with E-state index in [-0.39, 0.29) is 0 Å². The fourth-order valence-corrected chi connectivity index (χ4v) is 1.84. The fourth-order valence-electron chi connectivity index (χ4n) is 1.84. The molecule has 0 saturated heterocycles. The van der Waals surface area contributed by atoms with Gasteiger partial charge in [-0.2, -0.15) is 0 Å². The van der Waals surface area contributed by atoms with E-state index in [1.54, 1.807) is 7.11 Å². The first-order valence-electron chi connectivity index (χ1n) is 6.16. The molecule has 1 aromatic carbocycles. The van der Waals surface area contributed by atoms with Gasteiger partial charge in [0.2, 0.25) is 0 Å². The predicted molar refractivity (Wildman–Crippen MR) is 72.0 cm³/mol. The highest BCUT2D eigenvalue weighted by atomic mass is 16.5. The van der Waals surface area contributed by atoms with Crippen molar-refractivity contribution >= 4 is 0 Å². The monoisotopic (exact) mass is 236 g/mol.